The standard InChI is InChI=1S/C14H21NO/c1-11(5-6-12-7-8-12)15-14-4-2-3-13(9-14)10-16/h2-4,9,11-12,15-16H,5-8,10H2,1H3/t11-/m0/s1. The Hall–Kier alpha value is -1.02. The maximum absolute atomic E-state index is 9.05. The Morgan fingerprint density at radius 3 is 2.94 bits per heavy atom. The minimum atomic E-state index is 0.117. The van der Waals surface area contributed by atoms with Crippen molar-refractivity contribution in [2.75, 3.05) is 5.32 Å². The van der Waals surface area contributed by atoms with E-state index in [1.807, 2.05) is 18.2 Å². The molecule has 1 fully saturated rings. The van der Waals surface area contributed by atoms with Crippen LogP contribution in [-0.2, 0) is 6.61 Å². The summed E-state index contributed by atoms with van der Waals surface area (Å²) < 4.78 is 0. The number of aliphatic hydroxyl groups excluding tert-OH is 1. The highest BCUT2D eigenvalue weighted by atomic mass is 16.3. The zero-order chi connectivity index (χ0) is 11.4. The normalized spacial score (nSPS) is 17.1. The molecule has 1 aliphatic carbocycles. The zero-order valence-electron chi connectivity index (χ0n) is 9.95. The maximum Gasteiger partial charge on any atom is 0.0682 e. The van der Waals surface area contributed by atoms with Crippen molar-refractivity contribution < 1.29 is 5.11 Å². The Kier molecular flexibility index (Phi) is 3.83. The number of hydrogen-bond donors (Lipinski definition) is 2. The Balaban J connectivity index is 1.81. The van der Waals surface area contributed by atoms with E-state index in [1.165, 1.54) is 25.7 Å². The van der Waals surface area contributed by atoms with Crippen LogP contribution < -0.4 is 5.32 Å². The predicted molar refractivity (Wildman–Crippen MR) is 67.4 cm³/mol. The van der Waals surface area contributed by atoms with Crippen molar-refractivity contribution in [3.05, 3.63) is 29.8 Å². The fraction of sp³-hybridized carbons (Fsp3) is 0.571. The third-order valence-corrected chi connectivity index (χ3v) is 3.23. The van der Waals surface area contributed by atoms with Crippen LogP contribution in [0.4, 0.5) is 5.69 Å². The molecule has 1 saturated carbocycles. The molecule has 16 heavy (non-hydrogen) atoms. The summed E-state index contributed by atoms with van der Waals surface area (Å²) in [6.07, 6.45) is 5.47. The third-order valence-electron chi connectivity index (χ3n) is 3.23. The van der Waals surface area contributed by atoms with Gasteiger partial charge in [0.1, 0.15) is 0 Å². The molecule has 2 rings (SSSR count). The Morgan fingerprint density at radius 2 is 2.25 bits per heavy atom. The molecule has 0 amide bonds. The van der Waals surface area contributed by atoms with E-state index >= 15 is 0 Å². The van der Waals surface area contributed by atoms with E-state index in [-0.39, 0.29) is 6.61 Å². The van der Waals surface area contributed by atoms with Crippen LogP contribution in [0.25, 0.3) is 0 Å². The molecular formula is C14H21NO. The molecule has 0 aliphatic heterocycles. The van der Waals surface area contributed by atoms with Crippen molar-refractivity contribution in [2.24, 2.45) is 5.92 Å². The van der Waals surface area contributed by atoms with Crippen molar-refractivity contribution in [3.8, 4) is 0 Å². The average Bonchev–Trinajstić information content (AvgIpc) is 3.10. The Morgan fingerprint density at radius 1 is 1.44 bits per heavy atom. The smallest absolute Gasteiger partial charge is 0.0682 e. The van der Waals surface area contributed by atoms with Crippen LogP contribution in [0.5, 0.6) is 0 Å². The fourth-order valence-corrected chi connectivity index (χ4v) is 2.01. The van der Waals surface area contributed by atoms with Crippen LogP contribution in [-0.4, -0.2) is 11.1 Å². The number of anilines is 1. The summed E-state index contributed by atoms with van der Waals surface area (Å²) in [7, 11) is 0. The van der Waals surface area contributed by atoms with E-state index in [4.69, 9.17) is 5.11 Å². The highest BCUT2D eigenvalue weighted by molar-refractivity contribution is 5.46. The van der Waals surface area contributed by atoms with Gasteiger partial charge in [0.25, 0.3) is 0 Å². The molecule has 0 saturated heterocycles. The first-order valence-corrected chi connectivity index (χ1v) is 6.24. The van der Waals surface area contributed by atoms with E-state index in [0.717, 1.165) is 17.2 Å². The number of aliphatic hydroxyl groups is 1. The number of nitrogens with one attached hydrogen (secondary N) is 1. The fourth-order valence-electron chi connectivity index (χ4n) is 2.01. The zero-order valence-corrected chi connectivity index (χ0v) is 9.95. The second-order valence-corrected chi connectivity index (χ2v) is 4.92. The van der Waals surface area contributed by atoms with Gasteiger partial charge in [-0.25, -0.2) is 0 Å². The summed E-state index contributed by atoms with van der Waals surface area (Å²) in [4.78, 5) is 0. The van der Waals surface area contributed by atoms with Crippen LogP contribution in [0.1, 0.15) is 38.2 Å². The summed E-state index contributed by atoms with van der Waals surface area (Å²) in [5.41, 5.74) is 2.09. The van der Waals surface area contributed by atoms with Crippen LogP contribution in [0.15, 0.2) is 24.3 Å². The maximum atomic E-state index is 9.05. The van der Waals surface area contributed by atoms with Gasteiger partial charge in [0, 0.05) is 11.7 Å². The van der Waals surface area contributed by atoms with Crippen molar-refractivity contribution in [1.29, 1.82) is 0 Å². The molecule has 0 unspecified atom stereocenters. The molecule has 1 aliphatic rings. The van der Waals surface area contributed by atoms with Gasteiger partial charge in [-0.15, -0.1) is 0 Å². The van der Waals surface area contributed by atoms with Gasteiger partial charge in [-0.3, -0.25) is 0 Å². The first-order valence-electron chi connectivity index (χ1n) is 6.24. The molecule has 1 aromatic rings. The summed E-state index contributed by atoms with van der Waals surface area (Å²) in [6.45, 7) is 2.35. The lowest BCUT2D eigenvalue weighted by Gasteiger charge is -2.15. The van der Waals surface area contributed by atoms with Crippen LogP contribution in [0, 0.1) is 5.92 Å². The van der Waals surface area contributed by atoms with E-state index in [0.29, 0.717) is 6.04 Å². The summed E-state index contributed by atoms with van der Waals surface area (Å²) in [5, 5.41) is 12.5. The van der Waals surface area contributed by atoms with Crippen LogP contribution in [0.3, 0.4) is 0 Å². The van der Waals surface area contributed by atoms with Gasteiger partial charge >= 0.3 is 0 Å². The van der Waals surface area contributed by atoms with Crippen LogP contribution >= 0.6 is 0 Å². The first-order chi connectivity index (χ1) is 7.78. The topological polar surface area (TPSA) is 32.3 Å². The van der Waals surface area contributed by atoms with Gasteiger partial charge in [0.15, 0.2) is 0 Å². The van der Waals surface area contributed by atoms with Crippen LogP contribution in [0.2, 0.25) is 0 Å². The molecular weight excluding hydrogens is 198 g/mol. The molecule has 2 heteroatoms. The minimum absolute atomic E-state index is 0.117. The molecule has 0 bridgehead atoms. The lowest BCUT2D eigenvalue weighted by molar-refractivity contribution is 0.282. The van der Waals surface area contributed by atoms with E-state index in [2.05, 4.69) is 18.3 Å². The minimum Gasteiger partial charge on any atom is -0.392 e. The molecule has 0 radical (unpaired) electrons. The van der Waals surface area contributed by atoms with E-state index in [9.17, 15) is 0 Å². The molecule has 0 spiro atoms. The van der Waals surface area contributed by atoms with Crippen molar-refractivity contribution >= 4 is 5.69 Å². The molecule has 88 valence electrons. The summed E-state index contributed by atoms with van der Waals surface area (Å²) in [6, 6.07) is 8.54. The first kappa shape index (κ1) is 11.5. The largest absolute Gasteiger partial charge is 0.392 e. The van der Waals surface area contributed by atoms with Gasteiger partial charge in [0.05, 0.1) is 6.61 Å². The predicted octanol–water partition coefficient (Wildman–Crippen LogP) is 3.17. The third kappa shape index (κ3) is 3.53. The van der Waals surface area contributed by atoms with Crippen molar-refractivity contribution in [1.82, 2.24) is 0 Å². The molecule has 2 N–H and O–H groups in total. The summed E-state index contributed by atoms with van der Waals surface area (Å²) >= 11 is 0. The molecule has 0 aromatic heterocycles. The van der Waals surface area contributed by atoms with Crippen molar-refractivity contribution in [2.45, 2.75) is 45.3 Å². The SMILES string of the molecule is C[C@@H](CCC1CC1)Nc1cccc(CO)c1. The average molecular weight is 219 g/mol. The van der Waals surface area contributed by atoms with Gasteiger partial charge in [-0.05, 0) is 43.4 Å². The van der Waals surface area contributed by atoms with E-state index in [1.54, 1.807) is 0 Å². The molecule has 2 nitrogen and oxygen atoms in total. The number of hydrogen-bond acceptors (Lipinski definition) is 2. The lowest BCUT2D eigenvalue weighted by Crippen LogP contribution is -2.15. The highest BCUT2D eigenvalue weighted by Gasteiger charge is 2.21. The summed E-state index contributed by atoms with van der Waals surface area (Å²) in [5.74, 6) is 1.01. The Bertz CT molecular complexity index is 333. The number of rotatable bonds is 6. The molecule has 1 aromatic carbocycles. The second kappa shape index (κ2) is 5.35. The van der Waals surface area contributed by atoms with Gasteiger partial charge in [-0.1, -0.05) is 25.0 Å². The second-order valence-electron chi connectivity index (χ2n) is 4.92. The number of benzene rings is 1. The molecule has 0 heterocycles. The monoisotopic (exact) mass is 219 g/mol. The van der Waals surface area contributed by atoms with Gasteiger partial charge in [0.2, 0.25) is 0 Å². The highest BCUT2D eigenvalue weighted by Crippen LogP contribution is 2.34. The van der Waals surface area contributed by atoms with Gasteiger partial charge in [-0.2, -0.15) is 0 Å². The molecule has 1 atom stereocenters. The Labute approximate surface area is 97.7 Å². The van der Waals surface area contributed by atoms with Crippen molar-refractivity contribution in [3.63, 3.8) is 0 Å². The lowest BCUT2D eigenvalue weighted by atomic mass is 10.1. The van der Waals surface area contributed by atoms with Gasteiger partial charge < -0.3 is 10.4 Å². The quantitative estimate of drug-likeness (QED) is 0.770. The van der Waals surface area contributed by atoms with E-state index < -0.39 is 0 Å².